The average molecular weight is 266 g/mol. The fourth-order valence-electron chi connectivity index (χ4n) is 1.51. The zero-order valence-corrected chi connectivity index (χ0v) is 11.7. The van der Waals surface area contributed by atoms with Gasteiger partial charge in [0.25, 0.3) is 0 Å². The van der Waals surface area contributed by atoms with Gasteiger partial charge in [-0.25, -0.2) is 0 Å². The van der Waals surface area contributed by atoms with Gasteiger partial charge in [-0.15, -0.1) is 0 Å². The molecular weight excluding hydrogens is 244 g/mol. The van der Waals surface area contributed by atoms with Gasteiger partial charge in [-0.3, -0.25) is 4.79 Å². The highest BCUT2D eigenvalue weighted by molar-refractivity contribution is 5.97. The van der Waals surface area contributed by atoms with Gasteiger partial charge in [0.2, 0.25) is 5.91 Å². The van der Waals surface area contributed by atoms with Crippen molar-refractivity contribution in [1.82, 2.24) is 0 Å². The van der Waals surface area contributed by atoms with E-state index < -0.39 is 5.54 Å². The minimum atomic E-state index is -0.905. The van der Waals surface area contributed by atoms with Crippen molar-refractivity contribution < 1.29 is 14.6 Å². The summed E-state index contributed by atoms with van der Waals surface area (Å²) < 4.78 is 5.38. The van der Waals surface area contributed by atoms with Crippen LogP contribution >= 0.6 is 0 Å². The van der Waals surface area contributed by atoms with Gasteiger partial charge in [0.05, 0.1) is 18.8 Å². The molecule has 5 nitrogen and oxygen atoms in total. The molecule has 1 unspecified atom stereocenters. The van der Waals surface area contributed by atoms with E-state index in [0.29, 0.717) is 30.0 Å². The van der Waals surface area contributed by atoms with Gasteiger partial charge in [-0.05, 0) is 38.5 Å². The van der Waals surface area contributed by atoms with Gasteiger partial charge in [-0.1, -0.05) is 6.92 Å². The molecule has 1 aromatic carbocycles. The molecule has 0 aliphatic carbocycles. The second kappa shape index (κ2) is 6.54. The number of nitrogens with two attached hydrogens (primary N) is 1. The molecule has 1 atom stereocenters. The smallest absolute Gasteiger partial charge is 0.244 e. The first kappa shape index (κ1) is 15.5. The summed E-state index contributed by atoms with van der Waals surface area (Å²) in [7, 11) is 0. The molecule has 1 amide bonds. The summed E-state index contributed by atoms with van der Waals surface area (Å²) in [6.45, 7) is 5.79. The van der Waals surface area contributed by atoms with Gasteiger partial charge in [0, 0.05) is 11.3 Å². The number of aliphatic hydroxyl groups is 1. The third kappa shape index (κ3) is 3.94. The number of carbonyl (C=O) groups excluding carboxylic acids is 1. The molecule has 0 aromatic heterocycles. The van der Waals surface area contributed by atoms with E-state index in [0.717, 1.165) is 0 Å². The molecular formula is C14H22N2O3. The van der Waals surface area contributed by atoms with E-state index >= 15 is 0 Å². The predicted octanol–water partition coefficient (Wildman–Crippen LogP) is 1.64. The summed E-state index contributed by atoms with van der Waals surface area (Å²) in [5, 5.41) is 12.0. The Morgan fingerprint density at radius 2 is 2.16 bits per heavy atom. The number of hydrogen-bond acceptors (Lipinski definition) is 4. The van der Waals surface area contributed by atoms with Crippen molar-refractivity contribution in [1.29, 1.82) is 0 Å². The van der Waals surface area contributed by atoms with Crippen molar-refractivity contribution >= 4 is 11.6 Å². The molecule has 0 bridgehead atoms. The molecule has 5 heteroatoms. The first-order valence-electron chi connectivity index (χ1n) is 6.41. The Balaban J connectivity index is 2.89. The lowest BCUT2D eigenvalue weighted by molar-refractivity contribution is -0.120. The number of aliphatic hydroxyl groups excluding tert-OH is 1. The minimum Gasteiger partial charge on any atom is -0.494 e. The van der Waals surface area contributed by atoms with Gasteiger partial charge in [0.15, 0.2) is 0 Å². The Hall–Kier alpha value is -1.59. The molecule has 1 rings (SSSR count). The quantitative estimate of drug-likeness (QED) is 0.731. The number of carbonyl (C=O) groups is 1. The van der Waals surface area contributed by atoms with Crippen LogP contribution < -0.4 is 15.8 Å². The van der Waals surface area contributed by atoms with Crippen LogP contribution in [0.4, 0.5) is 5.69 Å². The Bertz CT molecular complexity index is 444. The molecule has 106 valence electrons. The Morgan fingerprint density at radius 3 is 2.68 bits per heavy atom. The number of nitrogens with one attached hydrogen (secondary N) is 1. The fourth-order valence-corrected chi connectivity index (χ4v) is 1.51. The van der Waals surface area contributed by atoms with E-state index in [4.69, 9.17) is 10.5 Å². The van der Waals surface area contributed by atoms with Crippen LogP contribution in [0.25, 0.3) is 0 Å². The molecule has 0 fully saturated rings. The van der Waals surface area contributed by atoms with Crippen molar-refractivity contribution in [2.24, 2.45) is 5.73 Å². The van der Waals surface area contributed by atoms with E-state index in [9.17, 15) is 9.90 Å². The lowest BCUT2D eigenvalue weighted by Gasteiger charge is -2.22. The normalized spacial score (nSPS) is 13.7. The number of ether oxygens (including phenoxy) is 1. The highest BCUT2D eigenvalue weighted by atomic mass is 16.5. The summed E-state index contributed by atoms with van der Waals surface area (Å²) in [5.74, 6) is 0.372. The maximum absolute atomic E-state index is 11.9. The summed E-state index contributed by atoms with van der Waals surface area (Å²) in [6, 6.07) is 5.15. The highest BCUT2D eigenvalue weighted by Gasteiger charge is 2.26. The van der Waals surface area contributed by atoms with Gasteiger partial charge < -0.3 is 20.9 Å². The Kier molecular flexibility index (Phi) is 5.32. The molecule has 0 radical (unpaired) electrons. The second-order valence-corrected chi connectivity index (χ2v) is 4.64. The largest absolute Gasteiger partial charge is 0.494 e. The molecule has 19 heavy (non-hydrogen) atoms. The van der Waals surface area contributed by atoms with Crippen LogP contribution in [0.3, 0.4) is 0 Å². The van der Waals surface area contributed by atoms with Gasteiger partial charge in [0.1, 0.15) is 5.75 Å². The van der Waals surface area contributed by atoms with Crippen LogP contribution in [-0.4, -0.2) is 23.2 Å². The van der Waals surface area contributed by atoms with Crippen LogP contribution in [0.5, 0.6) is 5.75 Å². The van der Waals surface area contributed by atoms with Crippen LogP contribution in [0.1, 0.15) is 32.8 Å². The average Bonchev–Trinajstić information content (AvgIpc) is 2.40. The number of anilines is 1. The summed E-state index contributed by atoms with van der Waals surface area (Å²) in [4.78, 5) is 11.9. The third-order valence-electron chi connectivity index (χ3n) is 3.04. The minimum absolute atomic E-state index is 0.146. The molecule has 0 aliphatic heterocycles. The van der Waals surface area contributed by atoms with Crippen LogP contribution in [0.2, 0.25) is 0 Å². The van der Waals surface area contributed by atoms with Gasteiger partial charge >= 0.3 is 0 Å². The molecule has 1 aromatic rings. The van der Waals surface area contributed by atoms with Crippen molar-refractivity contribution in [3.05, 3.63) is 23.8 Å². The molecule has 0 saturated carbocycles. The Morgan fingerprint density at radius 1 is 1.47 bits per heavy atom. The molecule has 0 aliphatic rings. The van der Waals surface area contributed by atoms with Gasteiger partial charge in [-0.2, -0.15) is 0 Å². The van der Waals surface area contributed by atoms with Crippen molar-refractivity contribution in [2.45, 2.75) is 39.3 Å². The third-order valence-corrected chi connectivity index (χ3v) is 3.04. The Labute approximate surface area is 113 Å². The standard InChI is InChI=1S/C14H22N2O3/c1-4-14(3,15)13(18)16-11-6-7-12(19-5-2)10(8-11)9-17/h6-8,17H,4-5,9,15H2,1-3H3,(H,16,18). The van der Waals surface area contributed by atoms with Crippen molar-refractivity contribution in [3.63, 3.8) is 0 Å². The fraction of sp³-hybridized carbons (Fsp3) is 0.500. The van der Waals surface area contributed by atoms with Crippen molar-refractivity contribution in [3.8, 4) is 5.75 Å². The zero-order chi connectivity index (χ0) is 14.5. The SMILES string of the molecule is CCOc1ccc(NC(=O)C(C)(N)CC)cc1CO. The summed E-state index contributed by atoms with van der Waals surface area (Å²) in [6.07, 6.45) is 0.544. The number of hydrogen-bond donors (Lipinski definition) is 3. The maximum atomic E-state index is 11.9. The van der Waals surface area contributed by atoms with E-state index in [1.807, 2.05) is 13.8 Å². The van der Waals surface area contributed by atoms with E-state index in [1.165, 1.54) is 0 Å². The van der Waals surface area contributed by atoms with Crippen LogP contribution in [0.15, 0.2) is 18.2 Å². The molecule has 0 heterocycles. The first-order chi connectivity index (χ1) is 8.94. The number of amides is 1. The molecule has 0 spiro atoms. The topological polar surface area (TPSA) is 84.6 Å². The summed E-state index contributed by atoms with van der Waals surface area (Å²) >= 11 is 0. The van der Waals surface area contributed by atoms with Crippen LogP contribution in [0, 0.1) is 0 Å². The molecule has 0 saturated heterocycles. The zero-order valence-electron chi connectivity index (χ0n) is 11.7. The monoisotopic (exact) mass is 266 g/mol. The summed E-state index contributed by atoms with van der Waals surface area (Å²) in [5.41, 5.74) is 6.20. The lowest BCUT2D eigenvalue weighted by atomic mass is 9.99. The first-order valence-corrected chi connectivity index (χ1v) is 6.41. The highest BCUT2D eigenvalue weighted by Crippen LogP contribution is 2.23. The lowest BCUT2D eigenvalue weighted by Crippen LogP contribution is -2.47. The van der Waals surface area contributed by atoms with Crippen LogP contribution in [-0.2, 0) is 11.4 Å². The van der Waals surface area contributed by atoms with E-state index in [1.54, 1.807) is 25.1 Å². The predicted molar refractivity (Wildman–Crippen MR) is 75.0 cm³/mol. The second-order valence-electron chi connectivity index (χ2n) is 4.64. The molecule has 4 N–H and O–H groups in total. The number of benzene rings is 1. The number of rotatable bonds is 6. The maximum Gasteiger partial charge on any atom is 0.244 e. The van der Waals surface area contributed by atoms with E-state index in [2.05, 4.69) is 5.32 Å². The van der Waals surface area contributed by atoms with Crippen molar-refractivity contribution in [2.75, 3.05) is 11.9 Å². The van der Waals surface area contributed by atoms with E-state index in [-0.39, 0.29) is 12.5 Å².